The van der Waals surface area contributed by atoms with Crippen molar-refractivity contribution in [2.24, 2.45) is 0 Å². The molecule has 2 aliphatic heterocycles. The van der Waals surface area contributed by atoms with Crippen LogP contribution in [0.4, 0.5) is 16.8 Å². The van der Waals surface area contributed by atoms with E-state index in [9.17, 15) is 19.8 Å². The lowest BCUT2D eigenvalue weighted by Gasteiger charge is -2.34. The Bertz CT molecular complexity index is 1300. The van der Waals surface area contributed by atoms with Gasteiger partial charge in [0.1, 0.15) is 17.4 Å². The Labute approximate surface area is 229 Å². The Kier molecular flexibility index (Phi) is 8.01. The highest BCUT2D eigenvalue weighted by Crippen LogP contribution is 2.37. The fourth-order valence-corrected chi connectivity index (χ4v) is 6.40. The number of aliphatic hydroxyl groups is 1. The molecule has 0 bridgehead atoms. The molecule has 0 saturated carbocycles. The third-order valence-electron chi connectivity index (χ3n) is 6.67. The molecule has 0 radical (unpaired) electrons. The first-order chi connectivity index (χ1) is 18.4. The van der Waals surface area contributed by atoms with Crippen LogP contribution < -0.4 is 10.2 Å². The molecule has 2 fully saturated rings. The molecule has 200 valence electrons. The van der Waals surface area contributed by atoms with E-state index in [1.165, 1.54) is 36.1 Å². The summed E-state index contributed by atoms with van der Waals surface area (Å²) < 4.78 is 0.924. The minimum absolute atomic E-state index is 0.00276. The Hall–Kier alpha value is -3.35. The molecule has 3 N–H and O–H groups in total. The van der Waals surface area contributed by atoms with Gasteiger partial charge in [0, 0.05) is 51.1 Å². The van der Waals surface area contributed by atoms with E-state index in [2.05, 4.69) is 15.2 Å². The van der Waals surface area contributed by atoms with Crippen LogP contribution in [0.2, 0.25) is 0 Å². The Morgan fingerprint density at radius 1 is 1.05 bits per heavy atom. The lowest BCUT2D eigenvalue weighted by atomic mass is 10.1. The number of piperazine rings is 1. The van der Waals surface area contributed by atoms with Crippen LogP contribution in [0.5, 0.6) is 5.75 Å². The molecule has 4 heterocycles. The number of aromatic nitrogens is 2. The molecule has 3 aromatic rings. The largest absolute Gasteiger partial charge is 0.507 e. The van der Waals surface area contributed by atoms with Crippen molar-refractivity contribution in [3.05, 3.63) is 48.2 Å². The van der Waals surface area contributed by atoms with Gasteiger partial charge in [0.25, 0.3) is 5.91 Å². The van der Waals surface area contributed by atoms with Crippen molar-refractivity contribution >= 4 is 51.7 Å². The molecule has 5 rings (SSSR count). The van der Waals surface area contributed by atoms with Crippen LogP contribution in [0.15, 0.2) is 51.7 Å². The first-order valence-corrected chi connectivity index (χ1v) is 14.2. The number of aliphatic hydroxyl groups excluding tert-OH is 1. The first kappa shape index (κ1) is 26.3. The minimum Gasteiger partial charge on any atom is -0.507 e. The number of amides is 2. The van der Waals surface area contributed by atoms with Crippen molar-refractivity contribution in [3.8, 4) is 5.75 Å². The van der Waals surface area contributed by atoms with Crippen LogP contribution in [-0.4, -0.2) is 87.2 Å². The number of benzene rings is 1. The van der Waals surface area contributed by atoms with E-state index in [1.807, 2.05) is 18.2 Å². The molecule has 0 atom stereocenters. The zero-order chi connectivity index (χ0) is 26.6. The SMILES string of the molecule is CC(=O)N1CCN(C(=O)c2cc(Sc3cnc(Nc4cccc(N5CCC(O)CC5)n4)s3)ccc2O)CC1. The molecule has 0 aliphatic carbocycles. The van der Waals surface area contributed by atoms with Gasteiger partial charge >= 0.3 is 0 Å². The van der Waals surface area contributed by atoms with Crippen molar-refractivity contribution in [2.75, 3.05) is 49.5 Å². The van der Waals surface area contributed by atoms with Crippen molar-refractivity contribution in [1.29, 1.82) is 0 Å². The zero-order valence-electron chi connectivity index (χ0n) is 21.0. The summed E-state index contributed by atoms with van der Waals surface area (Å²) in [6, 6.07) is 10.8. The summed E-state index contributed by atoms with van der Waals surface area (Å²) in [4.78, 5) is 40.2. The average molecular weight is 555 g/mol. The molecule has 2 amide bonds. The summed E-state index contributed by atoms with van der Waals surface area (Å²) in [7, 11) is 0. The Morgan fingerprint density at radius 2 is 1.79 bits per heavy atom. The highest BCUT2D eigenvalue weighted by atomic mass is 32.2. The van der Waals surface area contributed by atoms with E-state index in [1.54, 1.807) is 28.1 Å². The maximum absolute atomic E-state index is 13.1. The number of aromatic hydroxyl groups is 1. The number of carbonyl (C=O) groups is 2. The van der Waals surface area contributed by atoms with E-state index in [0.717, 1.165) is 40.9 Å². The quantitative estimate of drug-likeness (QED) is 0.421. The van der Waals surface area contributed by atoms with Gasteiger partial charge in [-0.05, 0) is 43.2 Å². The lowest BCUT2D eigenvalue weighted by Crippen LogP contribution is -2.50. The van der Waals surface area contributed by atoms with E-state index in [4.69, 9.17) is 4.98 Å². The Balaban J connectivity index is 1.22. The molecule has 12 heteroatoms. The van der Waals surface area contributed by atoms with Gasteiger partial charge in [-0.25, -0.2) is 9.97 Å². The molecule has 0 unspecified atom stereocenters. The number of nitrogens with one attached hydrogen (secondary N) is 1. The van der Waals surface area contributed by atoms with Crippen LogP contribution >= 0.6 is 23.1 Å². The maximum Gasteiger partial charge on any atom is 0.257 e. The molecule has 38 heavy (non-hydrogen) atoms. The lowest BCUT2D eigenvalue weighted by molar-refractivity contribution is -0.130. The predicted octanol–water partition coefficient (Wildman–Crippen LogP) is 3.40. The number of anilines is 3. The summed E-state index contributed by atoms with van der Waals surface area (Å²) in [5.74, 6) is 1.27. The second-order valence-corrected chi connectivity index (χ2v) is 11.7. The Morgan fingerprint density at radius 3 is 2.53 bits per heavy atom. The van der Waals surface area contributed by atoms with Gasteiger partial charge in [0.2, 0.25) is 5.91 Å². The van der Waals surface area contributed by atoms with Crippen molar-refractivity contribution in [1.82, 2.24) is 19.8 Å². The number of hydrogen-bond donors (Lipinski definition) is 3. The molecule has 2 saturated heterocycles. The summed E-state index contributed by atoms with van der Waals surface area (Å²) in [5, 5.41) is 24.1. The van der Waals surface area contributed by atoms with Crippen LogP contribution in [0.1, 0.15) is 30.1 Å². The minimum atomic E-state index is -0.242. The van der Waals surface area contributed by atoms with Crippen molar-refractivity contribution in [3.63, 3.8) is 0 Å². The van der Waals surface area contributed by atoms with E-state index in [-0.39, 0.29) is 29.2 Å². The third kappa shape index (κ3) is 6.20. The van der Waals surface area contributed by atoms with Crippen molar-refractivity contribution < 1.29 is 19.8 Å². The molecule has 2 aliphatic rings. The number of phenols is 1. The van der Waals surface area contributed by atoms with Crippen molar-refractivity contribution in [2.45, 2.75) is 35.0 Å². The normalized spacial score (nSPS) is 16.5. The molecule has 0 spiro atoms. The van der Waals surface area contributed by atoms with E-state index >= 15 is 0 Å². The van der Waals surface area contributed by atoms with E-state index in [0.29, 0.717) is 37.1 Å². The number of phenolic OH excluding ortho intramolecular Hbond substituents is 1. The van der Waals surface area contributed by atoms with Gasteiger partial charge in [-0.2, -0.15) is 0 Å². The second-order valence-electron chi connectivity index (χ2n) is 9.29. The highest BCUT2D eigenvalue weighted by molar-refractivity contribution is 8.01. The van der Waals surface area contributed by atoms with Crippen LogP contribution in [0.25, 0.3) is 0 Å². The van der Waals surface area contributed by atoms with Gasteiger partial charge < -0.3 is 30.2 Å². The average Bonchev–Trinajstić information content (AvgIpc) is 3.36. The number of rotatable bonds is 6. The molecule has 10 nitrogen and oxygen atoms in total. The first-order valence-electron chi connectivity index (χ1n) is 12.5. The fourth-order valence-electron chi connectivity index (χ4n) is 4.50. The fraction of sp³-hybridized carbons (Fsp3) is 0.385. The van der Waals surface area contributed by atoms with E-state index < -0.39 is 0 Å². The summed E-state index contributed by atoms with van der Waals surface area (Å²) in [6.45, 7) is 4.95. The monoisotopic (exact) mass is 554 g/mol. The van der Waals surface area contributed by atoms with Crippen LogP contribution in [0.3, 0.4) is 0 Å². The van der Waals surface area contributed by atoms with Gasteiger partial charge in [0.15, 0.2) is 5.13 Å². The maximum atomic E-state index is 13.1. The number of thiazole rings is 1. The van der Waals surface area contributed by atoms with Gasteiger partial charge in [-0.3, -0.25) is 9.59 Å². The smallest absolute Gasteiger partial charge is 0.257 e. The standard InChI is InChI=1S/C26H30N6O4S2/c1-17(33)30-11-13-32(14-12-30)25(36)20-15-19(5-6-21(20)35)37-24-16-27-26(38-24)29-22-3-2-4-23(28-22)31-9-7-18(34)8-10-31/h2-6,15-16,18,34-35H,7-14H2,1H3,(H,27,28,29). The summed E-state index contributed by atoms with van der Waals surface area (Å²) in [5.41, 5.74) is 0.250. The topological polar surface area (TPSA) is 122 Å². The zero-order valence-corrected chi connectivity index (χ0v) is 22.7. The molecular formula is C26H30N6O4S2. The third-order valence-corrected chi connectivity index (χ3v) is 8.68. The van der Waals surface area contributed by atoms with Gasteiger partial charge in [-0.1, -0.05) is 29.2 Å². The second kappa shape index (κ2) is 11.6. The predicted molar refractivity (Wildman–Crippen MR) is 147 cm³/mol. The van der Waals surface area contributed by atoms with Gasteiger partial charge in [-0.15, -0.1) is 0 Å². The van der Waals surface area contributed by atoms with Gasteiger partial charge in [0.05, 0.1) is 22.1 Å². The number of nitrogens with zero attached hydrogens (tertiary/aromatic N) is 5. The molecular weight excluding hydrogens is 524 g/mol. The highest BCUT2D eigenvalue weighted by Gasteiger charge is 2.25. The number of carbonyl (C=O) groups excluding carboxylic acids is 2. The van der Waals surface area contributed by atoms with Crippen LogP contribution in [-0.2, 0) is 4.79 Å². The number of piperidine rings is 1. The number of pyridine rings is 1. The summed E-state index contributed by atoms with van der Waals surface area (Å²) in [6.07, 6.45) is 3.02. The van der Waals surface area contributed by atoms with Crippen LogP contribution in [0, 0.1) is 0 Å². The molecule has 1 aromatic carbocycles. The molecule has 2 aromatic heterocycles. The number of hydrogen-bond acceptors (Lipinski definition) is 10. The summed E-state index contributed by atoms with van der Waals surface area (Å²) >= 11 is 2.94.